The van der Waals surface area contributed by atoms with Gasteiger partial charge in [-0.05, 0) is 48.7 Å². The minimum Gasteiger partial charge on any atom is -0.351 e. The van der Waals surface area contributed by atoms with Crippen LogP contribution in [0.25, 0.3) is 10.2 Å². The zero-order chi connectivity index (χ0) is 23.4. The minimum atomic E-state index is -3.92. The molecule has 0 atom stereocenters. The molecular weight excluding hydrogens is 454 g/mol. The van der Waals surface area contributed by atoms with Crippen LogP contribution in [-0.2, 0) is 27.9 Å². The monoisotopic (exact) mass is 479 g/mol. The molecule has 0 aliphatic rings. The maximum atomic E-state index is 13.6. The first-order valence-electron chi connectivity index (χ1n) is 10.6. The number of benzene rings is 3. The summed E-state index contributed by atoms with van der Waals surface area (Å²) < 4.78 is 29.2. The van der Waals surface area contributed by atoms with Crippen molar-refractivity contribution >= 4 is 37.5 Å². The van der Waals surface area contributed by atoms with Crippen molar-refractivity contribution in [2.24, 2.45) is 0 Å². The highest BCUT2D eigenvalue weighted by Crippen LogP contribution is 2.27. The van der Waals surface area contributed by atoms with E-state index < -0.39 is 10.0 Å². The van der Waals surface area contributed by atoms with Gasteiger partial charge in [0, 0.05) is 13.1 Å². The minimum absolute atomic E-state index is 0.0979. The average molecular weight is 480 g/mol. The van der Waals surface area contributed by atoms with E-state index in [1.54, 1.807) is 18.2 Å². The van der Waals surface area contributed by atoms with Gasteiger partial charge in [0.15, 0.2) is 0 Å². The summed E-state index contributed by atoms with van der Waals surface area (Å²) in [5.41, 5.74) is 3.64. The van der Waals surface area contributed by atoms with E-state index in [-0.39, 0.29) is 23.9 Å². The van der Waals surface area contributed by atoms with E-state index in [1.165, 1.54) is 15.6 Å². The Balaban J connectivity index is 1.59. The second-order valence-corrected chi connectivity index (χ2v) is 11.0. The number of nitrogens with one attached hydrogen (secondary N) is 1. The van der Waals surface area contributed by atoms with Crippen LogP contribution in [0.4, 0.5) is 0 Å². The molecule has 0 spiro atoms. The average Bonchev–Trinajstić information content (AvgIpc) is 3.18. The Hall–Kier alpha value is -3.07. The summed E-state index contributed by atoms with van der Waals surface area (Å²) in [6, 6.07) is 22.0. The highest BCUT2D eigenvalue weighted by molar-refractivity contribution is 7.89. The number of hydrogen-bond acceptors (Lipinski definition) is 5. The number of rotatable bonds is 8. The van der Waals surface area contributed by atoms with Crippen molar-refractivity contribution in [2.75, 3.05) is 6.54 Å². The zero-order valence-corrected chi connectivity index (χ0v) is 20.1. The first-order chi connectivity index (χ1) is 15.8. The number of carbonyl (C=O) groups excluding carboxylic acids is 1. The molecule has 1 N–H and O–H groups in total. The first kappa shape index (κ1) is 23.1. The smallest absolute Gasteiger partial charge is 0.243 e. The third kappa shape index (κ3) is 5.47. The summed E-state index contributed by atoms with van der Waals surface area (Å²) >= 11 is 1.45. The molecule has 0 radical (unpaired) electrons. The number of fused-ring (bicyclic) bond motifs is 1. The molecule has 4 rings (SSSR count). The number of amides is 1. The highest BCUT2D eigenvalue weighted by atomic mass is 32.2. The Bertz CT molecular complexity index is 1380. The lowest BCUT2D eigenvalue weighted by Crippen LogP contribution is -2.40. The molecule has 0 fully saturated rings. The summed E-state index contributed by atoms with van der Waals surface area (Å²) in [7, 11) is -3.92. The number of nitrogens with zero attached hydrogens (tertiary/aromatic N) is 2. The molecule has 8 heteroatoms. The molecule has 170 valence electrons. The Labute approximate surface area is 198 Å². The molecule has 1 amide bonds. The van der Waals surface area contributed by atoms with Crippen molar-refractivity contribution in [2.45, 2.75) is 31.8 Å². The molecule has 0 aliphatic carbocycles. The first-order valence-corrected chi connectivity index (χ1v) is 12.8. The van der Waals surface area contributed by atoms with Crippen molar-refractivity contribution in [1.29, 1.82) is 0 Å². The van der Waals surface area contributed by atoms with Crippen molar-refractivity contribution < 1.29 is 13.2 Å². The number of sulfonamides is 1. The van der Waals surface area contributed by atoms with Crippen molar-refractivity contribution in [3.05, 3.63) is 94.5 Å². The van der Waals surface area contributed by atoms with Crippen LogP contribution in [-0.4, -0.2) is 30.2 Å². The fourth-order valence-corrected chi connectivity index (χ4v) is 5.91. The van der Waals surface area contributed by atoms with E-state index in [1.807, 2.05) is 68.4 Å². The Morgan fingerprint density at radius 3 is 2.48 bits per heavy atom. The normalized spacial score (nSPS) is 11.7. The second-order valence-electron chi connectivity index (χ2n) is 7.82. The van der Waals surface area contributed by atoms with Crippen LogP contribution in [0.5, 0.6) is 0 Å². The molecule has 4 aromatic rings. The third-order valence-electron chi connectivity index (χ3n) is 5.36. The van der Waals surface area contributed by atoms with Crippen LogP contribution in [0, 0.1) is 13.8 Å². The number of thiazole rings is 1. The second kappa shape index (κ2) is 9.82. The molecule has 0 saturated heterocycles. The molecule has 3 aromatic carbocycles. The number of hydrogen-bond donors (Lipinski definition) is 1. The fraction of sp³-hybridized carbons (Fsp3) is 0.200. The molecule has 0 saturated carbocycles. The molecule has 6 nitrogen and oxygen atoms in total. The van der Waals surface area contributed by atoms with Gasteiger partial charge in [-0.2, -0.15) is 4.31 Å². The van der Waals surface area contributed by atoms with Crippen LogP contribution in [0.3, 0.4) is 0 Å². The van der Waals surface area contributed by atoms with Gasteiger partial charge in [-0.1, -0.05) is 54.6 Å². The summed E-state index contributed by atoms with van der Waals surface area (Å²) in [5.74, 6) is -0.354. The molecule has 33 heavy (non-hydrogen) atoms. The van der Waals surface area contributed by atoms with E-state index in [9.17, 15) is 13.2 Å². The standard InChI is InChI=1S/C25H25N3O3S2/c1-18-8-6-7-11-21(18)15-26-25(29)17-28(16-20-9-4-3-5-10-20)33(30,31)22-12-13-23-24(14-22)32-19(2)27-23/h3-14H,15-17H2,1-2H3,(H,26,29). The van der Waals surface area contributed by atoms with Crippen LogP contribution >= 0.6 is 11.3 Å². The summed E-state index contributed by atoms with van der Waals surface area (Å²) in [5, 5.41) is 3.73. The van der Waals surface area contributed by atoms with Crippen LogP contribution in [0.1, 0.15) is 21.7 Å². The molecular formula is C25H25N3O3S2. The SMILES string of the molecule is Cc1nc2ccc(S(=O)(=O)N(CC(=O)NCc3ccccc3C)Cc3ccccc3)cc2s1. The van der Waals surface area contributed by atoms with Crippen molar-refractivity contribution in [3.8, 4) is 0 Å². The predicted molar refractivity (Wildman–Crippen MR) is 131 cm³/mol. The van der Waals surface area contributed by atoms with Crippen molar-refractivity contribution in [3.63, 3.8) is 0 Å². The van der Waals surface area contributed by atoms with Crippen LogP contribution in [0.15, 0.2) is 77.7 Å². The number of carbonyl (C=O) groups is 1. The quantitative estimate of drug-likeness (QED) is 0.406. The van der Waals surface area contributed by atoms with Gasteiger partial charge in [-0.3, -0.25) is 4.79 Å². The molecule has 0 bridgehead atoms. The van der Waals surface area contributed by atoms with Crippen molar-refractivity contribution in [1.82, 2.24) is 14.6 Å². The zero-order valence-electron chi connectivity index (χ0n) is 18.5. The molecule has 1 aromatic heterocycles. The fourth-order valence-electron chi connectivity index (χ4n) is 3.56. The van der Waals surface area contributed by atoms with Crippen LogP contribution in [0.2, 0.25) is 0 Å². The Kier molecular flexibility index (Phi) is 6.88. The third-order valence-corrected chi connectivity index (χ3v) is 8.08. The summed E-state index contributed by atoms with van der Waals surface area (Å²) in [6.07, 6.45) is 0. The van der Waals surface area contributed by atoms with Gasteiger partial charge in [-0.25, -0.2) is 13.4 Å². The lowest BCUT2D eigenvalue weighted by molar-refractivity contribution is -0.121. The van der Waals surface area contributed by atoms with E-state index in [4.69, 9.17) is 0 Å². The maximum absolute atomic E-state index is 13.6. The predicted octanol–water partition coefficient (Wildman–Crippen LogP) is 4.42. The summed E-state index contributed by atoms with van der Waals surface area (Å²) in [4.78, 5) is 17.4. The maximum Gasteiger partial charge on any atom is 0.243 e. The lowest BCUT2D eigenvalue weighted by atomic mass is 10.1. The van der Waals surface area contributed by atoms with Gasteiger partial charge >= 0.3 is 0 Å². The highest BCUT2D eigenvalue weighted by Gasteiger charge is 2.27. The molecule has 1 heterocycles. The van der Waals surface area contributed by atoms with Gasteiger partial charge in [0.25, 0.3) is 0 Å². The van der Waals surface area contributed by atoms with E-state index >= 15 is 0 Å². The van der Waals surface area contributed by atoms with Gasteiger partial charge in [0.05, 0.1) is 26.7 Å². The van der Waals surface area contributed by atoms with Gasteiger partial charge in [-0.15, -0.1) is 11.3 Å². The Morgan fingerprint density at radius 1 is 1.00 bits per heavy atom. The topological polar surface area (TPSA) is 79.4 Å². The van der Waals surface area contributed by atoms with Gasteiger partial charge in [0.2, 0.25) is 15.9 Å². The Morgan fingerprint density at radius 2 is 1.73 bits per heavy atom. The largest absolute Gasteiger partial charge is 0.351 e. The lowest BCUT2D eigenvalue weighted by Gasteiger charge is -2.22. The van der Waals surface area contributed by atoms with E-state index in [0.29, 0.717) is 6.54 Å². The molecule has 0 unspecified atom stereocenters. The van der Waals surface area contributed by atoms with E-state index in [2.05, 4.69) is 10.3 Å². The van der Waals surface area contributed by atoms with Crippen LogP contribution < -0.4 is 5.32 Å². The molecule has 0 aliphatic heterocycles. The number of aromatic nitrogens is 1. The van der Waals surface area contributed by atoms with Gasteiger partial charge < -0.3 is 5.32 Å². The number of aryl methyl sites for hydroxylation is 2. The van der Waals surface area contributed by atoms with Gasteiger partial charge in [0.1, 0.15) is 0 Å². The summed E-state index contributed by atoms with van der Waals surface area (Å²) in [6.45, 7) is 4.03. The van der Waals surface area contributed by atoms with E-state index in [0.717, 1.165) is 31.9 Å².